The third-order valence-corrected chi connectivity index (χ3v) is 6.28. The van der Waals surface area contributed by atoms with Crippen molar-refractivity contribution in [3.8, 4) is 0 Å². The summed E-state index contributed by atoms with van der Waals surface area (Å²) >= 11 is 0. The van der Waals surface area contributed by atoms with E-state index in [-0.39, 0.29) is 17.9 Å². The Kier molecular flexibility index (Phi) is 10.9. The molecule has 1 saturated carbocycles. The Morgan fingerprint density at radius 2 is 1.32 bits per heavy atom. The predicted octanol–water partition coefficient (Wildman–Crippen LogP) is 3.23. The van der Waals surface area contributed by atoms with Crippen molar-refractivity contribution in [3.05, 3.63) is 30.0 Å². The van der Waals surface area contributed by atoms with Gasteiger partial charge in [-0.25, -0.2) is 9.59 Å². The number of hydrogen-bond donors (Lipinski definition) is 4. The quantitative estimate of drug-likeness (QED) is 0.397. The number of aromatic amines is 1. The molecule has 17 heteroatoms. The van der Waals surface area contributed by atoms with Gasteiger partial charge in [-0.15, -0.1) is 0 Å². The van der Waals surface area contributed by atoms with Crippen LogP contribution in [0.3, 0.4) is 0 Å². The van der Waals surface area contributed by atoms with Crippen molar-refractivity contribution in [1.82, 2.24) is 20.0 Å². The molecule has 0 spiro atoms. The molecule has 1 aromatic heterocycles. The molecule has 2 aromatic rings. The number of amides is 1. The first-order valence-corrected chi connectivity index (χ1v) is 11.8. The van der Waals surface area contributed by atoms with E-state index < -0.39 is 30.3 Å². The molecule has 222 valence electrons. The number of aromatic nitrogens is 2. The third-order valence-electron chi connectivity index (χ3n) is 6.28. The maximum atomic E-state index is 12.9. The SMILES string of the molecule is O=C(O)C(F)(F)F.O=C(O)C(F)(F)F.O=C(O)C1CCCCC1N1CCN(C(=O)c2n[nH]c3ccccc23)CC1. The van der Waals surface area contributed by atoms with Gasteiger partial charge in [-0.1, -0.05) is 31.0 Å². The summed E-state index contributed by atoms with van der Waals surface area (Å²) in [6, 6.07) is 7.73. The maximum Gasteiger partial charge on any atom is 0.490 e. The van der Waals surface area contributed by atoms with E-state index in [2.05, 4.69) is 15.1 Å². The van der Waals surface area contributed by atoms with E-state index in [0.29, 0.717) is 18.8 Å². The molecule has 2 unspecified atom stereocenters. The Labute approximate surface area is 222 Å². The average molecular weight is 584 g/mol. The topological polar surface area (TPSA) is 164 Å². The summed E-state index contributed by atoms with van der Waals surface area (Å²) in [5.41, 5.74) is 1.33. The van der Waals surface area contributed by atoms with Crippen LogP contribution in [0, 0.1) is 5.92 Å². The van der Waals surface area contributed by atoms with Crippen molar-refractivity contribution >= 4 is 34.7 Å². The van der Waals surface area contributed by atoms with E-state index >= 15 is 0 Å². The molecule has 0 radical (unpaired) electrons. The molecule has 2 aliphatic rings. The Hall–Kier alpha value is -3.89. The lowest BCUT2D eigenvalue weighted by atomic mass is 9.83. The first-order chi connectivity index (χ1) is 18.5. The second kappa shape index (κ2) is 13.5. The number of para-hydroxylation sites is 1. The summed E-state index contributed by atoms with van der Waals surface area (Å²) in [7, 11) is 0. The minimum atomic E-state index is -5.08. The number of fused-ring (bicyclic) bond motifs is 1. The minimum absolute atomic E-state index is 0.0551. The Balaban J connectivity index is 0.000000333. The lowest BCUT2D eigenvalue weighted by molar-refractivity contribution is -0.193. The van der Waals surface area contributed by atoms with Gasteiger partial charge in [0.25, 0.3) is 5.91 Å². The van der Waals surface area contributed by atoms with Crippen LogP contribution in [0.4, 0.5) is 26.3 Å². The number of carboxylic acid groups (broad SMARTS) is 3. The van der Waals surface area contributed by atoms with Crippen molar-refractivity contribution in [2.45, 2.75) is 44.1 Å². The van der Waals surface area contributed by atoms with Gasteiger partial charge in [0.05, 0.1) is 11.4 Å². The standard InChI is InChI=1S/C19H24N4O3.2C2HF3O2/c24-18(17-13-5-1-3-7-15(13)20-21-17)23-11-9-22(10-12-23)16-8-4-2-6-14(16)19(25)26;2*3-2(4,5)1(6)7/h1,3,5,7,14,16H,2,4,6,8-12H2,(H,20,21)(H,25,26);2*(H,6,7). The number of hydrogen-bond acceptors (Lipinski definition) is 6. The van der Waals surface area contributed by atoms with Gasteiger partial charge < -0.3 is 20.2 Å². The summed E-state index contributed by atoms with van der Waals surface area (Å²) in [5, 5.41) is 31.7. The summed E-state index contributed by atoms with van der Waals surface area (Å²) in [5.74, 6) is -6.53. The fraction of sp³-hybridized carbons (Fsp3) is 0.522. The first-order valence-electron chi connectivity index (χ1n) is 11.8. The van der Waals surface area contributed by atoms with Crippen LogP contribution in [0.1, 0.15) is 36.2 Å². The van der Waals surface area contributed by atoms with Crippen molar-refractivity contribution in [1.29, 1.82) is 0 Å². The molecule has 2 fully saturated rings. The van der Waals surface area contributed by atoms with Crippen molar-refractivity contribution in [2.24, 2.45) is 5.92 Å². The average Bonchev–Trinajstić information content (AvgIpc) is 3.32. The molecule has 1 saturated heterocycles. The number of rotatable bonds is 3. The number of piperazine rings is 1. The highest BCUT2D eigenvalue weighted by Crippen LogP contribution is 2.30. The van der Waals surface area contributed by atoms with Crippen LogP contribution in [-0.4, -0.2) is 104 Å². The number of nitrogens with one attached hydrogen (secondary N) is 1. The van der Waals surface area contributed by atoms with Crippen LogP contribution in [0.2, 0.25) is 0 Å². The number of benzene rings is 1. The zero-order chi connectivity index (χ0) is 30.3. The molecule has 4 rings (SSSR count). The molecule has 2 atom stereocenters. The van der Waals surface area contributed by atoms with E-state index in [1.54, 1.807) is 0 Å². The number of halogens is 6. The Morgan fingerprint density at radius 3 is 1.82 bits per heavy atom. The summed E-state index contributed by atoms with van der Waals surface area (Å²) in [4.78, 5) is 46.3. The van der Waals surface area contributed by atoms with Crippen molar-refractivity contribution in [2.75, 3.05) is 26.2 Å². The molecule has 40 heavy (non-hydrogen) atoms. The lowest BCUT2D eigenvalue weighted by Gasteiger charge is -2.42. The zero-order valence-electron chi connectivity index (χ0n) is 20.7. The van der Waals surface area contributed by atoms with E-state index in [4.69, 9.17) is 19.8 Å². The van der Waals surface area contributed by atoms with E-state index in [9.17, 15) is 41.0 Å². The fourth-order valence-corrected chi connectivity index (χ4v) is 4.37. The van der Waals surface area contributed by atoms with Crippen LogP contribution >= 0.6 is 0 Å². The number of aliphatic carboxylic acids is 3. The van der Waals surface area contributed by atoms with Crippen LogP contribution in [0.15, 0.2) is 24.3 Å². The molecular weight excluding hydrogens is 558 g/mol. The second-order valence-electron chi connectivity index (χ2n) is 8.85. The first kappa shape index (κ1) is 32.3. The fourth-order valence-electron chi connectivity index (χ4n) is 4.37. The van der Waals surface area contributed by atoms with Crippen LogP contribution in [0.5, 0.6) is 0 Å². The summed E-state index contributed by atoms with van der Waals surface area (Å²) in [6.07, 6.45) is -6.38. The van der Waals surface area contributed by atoms with E-state index in [1.807, 2.05) is 29.2 Å². The van der Waals surface area contributed by atoms with Crippen molar-refractivity contribution < 1.29 is 60.8 Å². The zero-order valence-corrected chi connectivity index (χ0v) is 20.7. The Bertz CT molecular complexity index is 1170. The second-order valence-corrected chi connectivity index (χ2v) is 8.85. The molecule has 4 N–H and O–H groups in total. The minimum Gasteiger partial charge on any atom is -0.481 e. The largest absolute Gasteiger partial charge is 0.490 e. The molecule has 0 bridgehead atoms. The van der Waals surface area contributed by atoms with Gasteiger partial charge >= 0.3 is 30.3 Å². The lowest BCUT2D eigenvalue weighted by Crippen LogP contribution is -2.55. The number of nitrogens with zero attached hydrogens (tertiary/aromatic N) is 3. The molecule has 1 aliphatic heterocycles. The number of carbonyl (C=O) groups excluding carboxylic acids is 1. The molecule has 1 amide bonds. The van der Waals surface area contributed by atoms with Gasteiger partial charge in [-0.2, -0.15) is 31.4 Å². The molecule has 2 heterocycles. The van der Waals surface area contributed by atoms with E-state index in [1.165, 1.54) is 0 Å². The van der Waals surface area contributed by atoms with Crippen molar-refractivity contribution in [3.63, 3.8) is 0 Å². The van der Waals surface area contributed by atoms with Gasteiger partial charge in [0.15, 0.2) is 5.69 Å². The molecule has 1 aromatic carbocycles. The number of carbonyl (C=O) groups is 4. The number of H-pyrrole nitrogens is 1. The van der Waals surface area contributed by atoms with Crippen LogP contribution in [0.25, 0.3) is 10.9 Å². The summed E-state index contributed by atoms with van der Waals surface area (Å²) < 4.78 is 63.5. The third kappa shape index (κ3) is 8.82. The molecular formula is C23H26F6N4O7. The smallest absolute Gasteiger partial charge is 0.481 e. The monoisotopic (exact) mass is 584 g/mol. The Morgan fingerprint density at radius 1 is 0.825 bits per heavy atom. The highest BCUT2D eigenvalue weighted by molar-refractivity contribution is 6.04. The summed E-state index contributed by atoms with van der Waals surface area (Å²) in [6.45, 7) is 2.68. The van der Waals surface area contributed by atoms with Gasteiger partial charge in [0.2, 0.25) is 0 Å². The van der Waals surface area contributed by atoms with Gasteiger partial charge in [-0.05, 0) is 18.9 Å². The number of carboxylic acids is 3. The molecule has 1 aliphatic carbocycles. The molecule has 11 nitrogen and oxygen atoms in total. The van der Waals surface area contributed by atoms with Crippen LogP contribution in [-0.2, 0) is 14.4 Å². The maximum absolute atomic E-state index is 12.9. The normalized spacial score (nSPS) is 20.0. The number of alkyl halides is 6. The highest BCUT2D eigenvalue weighted by Gasteiger charge is 2.39. The van der Waals surface area contributed by atoms with Crippen LogP contribution < -0.4 is 0 Å². The predicted molar refractivity (Wildman–Crippen MR) is 124 cm³/mol. The van der Waals surface area contributed by atoms with E-state index in [0.717, 1.165) is 49.7 Å². The van der Waals surface area contributed by atoms with Gasteiger partial charge in [-0.3, -0.25) is 19.6 Å². The van der Waals surface area contributed by atoms with Gasteiger partial charge in [0.1, 0.15) is 0 Å². The highest BCUT2D eigenvalue weighted by atomic mass is 19.4. The van der Waals surface area contributed by atoms with Gasteiger partial charge in [0, 0.05) is 37.6 Å².